The minimum atomic E-state index is 0.542. The highest BCUT2D eigenvalue weighted by molar-refractivity contribution is 9.10. The Hall–Kier alpha value is -0.510. The van der Waals surface area contributed by atoms with Gasteiger partial charge in [0.2, 0.25) is 0 Å². The molecule has 1 aromatic rings. The number of nitrogens with one attached hydrogen (secondary N) is 1. The van der Waals surface area contributed by atoms with E-state index in [1.165, 1.54) is 28.8 Å². The van der Waals surface area contributed by atoms with E-state index >= 15 is 0 Å². The third-order valence-electron chi connectivity index (χ3n) is 4.46. The molecule has 0 spiro atoms. The molecule has 0 radical (unpaired) electrons. The summed E-state index contributed by atoms with van der Waals surface area (Å²) in [6, 6.07) is 1.13. The Bertz CT molecular complexity index is 423. The maximum absolute atomic E-state index is 4.92. The minimum Gasteiger partial charge on any atom is -0.367 e. The van der Waals surface area contributed by atoms with E-state index in [0.29, 0.717) is 18.0 Å². The summed E-state index contributed by atoms with van der Waals surface area (Å²) in [6.45, 7) is 9.02. The van der Waals surface area contributed by atoms with Gasteiger partial charge in [-0.25, -0.2) is 4.68 Å². The molecule has 4 heteroatoms. The van der Waals surface area contributed by atoms with Crippen molar-refractivity contribution in [2.24, 2.45) is 0 Å². The van der Waals surface area contributed by atoms with Gasteiger partial charge in [-0.05, 0) is 48.0 Å². The van der Waals surface area contributed by atoms with Gasteiger partial charge in [-0.1, -0.05) is 27.7 Å². The number of hydrogen-bond donors (Lipinski definition) is 1. The first-order valence-corrected chi connectivity index (χ1v) is 8.49. The van der Waals surface area contributed by atoms with E-state index in [1.807, 2.05) is 0 Å². The van der Waals surface area contributed by atoms with Crippen LogP contribution < -0.4 is 5.32 Å². The molecular weight excluding hydrogens is 302 g/mol. The normalized spacial score (nSPS) is 22.4. The van der Waals surface area contributed by atoms with Crippen molar-refractivity contribution in [1.29, 1.82) is 0 Å². The van der Waals surface area contributed by atoms with Crippen molar-refractivity contribution >= 4 is 21.7 Å². The van der Waals surface area contributed by atoms with Crippen molar-refractivity contribution in [2.45, 2.75) is 77.8 Å². The minimum absolute atomic E-state index is 0.542. The van der Waals surface area contributed by atoms with Gasteiger partial charge in [0.1, 0.15) is 5.82 Å². The molecule has 0 amide bonds. The summed E-state index contributed by atoms with van der Waals surface area (Å²) in [7, 11) is 0. The Kier molecular flexibility index (Phi) is 4.93. The molecule has 0 fully saturated rings. The average Bonchev–Trinajstić information content (AvgIpc) is 2.77. The Labute approximate surface area is 125 Å². The second-order valence-corrected chi connectivity index (χ2v) is 6.35. The highest BCUT2D eigenvalue weighted by Gasteiger charge is 2.30. The van der Waals surface area contributed by atoms with Gasteiger partial charge in [0.15, 0.2) is 0 Å². The molecular formula is C15H26BrN3. The highest BCUT2D eigenvalue weighted by atomic mass is 79.9. The smallest absolute Gasteiger partial charge is 0.139 e. The number of nitrogens with zero attached hydrogens (tertiary/aromatic N) is 2. The summed E-state index contributed by atoms with van der Waals surface area (Å²) >= 11 is 3.79. The number of aromatic nitrogens is 2. The molecule has 0 aliphatic carbocycles. The zero-order valence-corrected chi connectivity index (χ0v) is 14.1. The third kappa shape index (κ3) is 2.69. The van der Waals surface area contributed by atoms with Gasteiger partial charge in [0, 0.05) is 12.0 Å². The van der Waals surface area contributed by atoms with Crippen LogP contribution in [0.1, 0.15) is 77.5 Å². The average molecular weight is 328 g/mol. The van der Waals surface area contributed by atoms with E-state index in [0.717, 1.165) is 19.3 Å². The van der Waals surface area contributed by atoms with Crippen molar-refractivity contribution in [3.8, 4) is 0 Å². The monoisotopic (exact) mass is 327 g/mol. The van der Waals surface area contributed by atoms with Gasteiger partial charge < -0.3 is 5.32 Å². The molecule has 1 aliphatic heterocycles. The zero-order chi connectivity index (χ0) is 14.0. The molecule has 2 rings (SSSR count). The fourth-order valence-electron chi connectivity index (χ4n) is 3.05. The van der Waals surface area contributed by atoms with E-state index in [9.17, 15) is 0 Å². The van der Waals surface area contributed by atoms with Crippen LogP contribution in [-0.2, 0) is 0 Å². The van der Waals surface area contributed by atoms with Crippen molar-refractivity contribution in [3.05, 3.63) is 10.2 Å². The van der Waals surface area contributed by atoms with Crippen LogP contribution >= 0.6 is 15.9 Å². The predicted molar refractivity (Wildman–Crippen MR) is 84.9 cm³/mol. The molecule has 0 bridgehead atoms. The van der Waals surface area contributed by atoms with Crippen molar-refractivity contribution in [2.75, 3.05) is 5.32 Å². The van der Waals surface area contributed by atoms with Crippen LogP contribution in [0.4, 0.5) is 5.82 Å². The Balaban J connectivity index is 2.40. The molecule has 1 aromatic heterocycles. The van der Waals surface area contributed by atoms with Crippen LogP contribution in [0, 0.1) is 0 Å². The predicted octanol–water partition coefficient (Wildman–Crippen LogP) is 5.09. The summed E-state index contributed by atoms with van der Waals surface area (Å²) in [5, 5.41) is 8.58. The van der Waals surface area contributed by atoms with E-state index in [4.69, 9.17) is 5.10 Å². The lowest BCUT2D eigenvalue weighted by Gasteiger charge is -2.31. The lowest BCUT2D eigenvalue weighted by atomic mass is 9.99. The molecule has 19 heavy (non-hydrogen) atoms. The molecule has 2 heterocycles. The number of hydrogen-bond acceptors (Lipinski definition) is 2. The Morgan fingerprint density at radius 1 is 1.26 bits per heavy atom. The van der Waals surface area contributed by atoms with Gasteiger partial charge in [-0.3, -0.25) is 0 Å². The lowest BCUT2D eigenvalue weighted by Crippen LogP contribution is -2.31. The van der Waals surface area contributed by atoms with Crippen molar-refractivity contribution in [1.82, 2.24) is 9.78 Å². The van der Waals surface area contributed by atoms with E-state index < -0.39 is 0 Å². The second kappa shape index (κ2) is 6.29. The molecule has 2 unspecified atom stereocenters. The summed E-state index contributed by atoms with van der Waals surface area (Å²) in [6.07, 6.45) is 5.83. The fraction of sp³-hybridized carbons (Fsp3) is 0.800. The second-order valence-electron chi connectivity index (χ2n) is 5.55. The largest absolute Gasteiger partial charge is 0.367 e. The molecule has 0 aromatic carbocycles. The van der Waals surface area contributed by atoms with Crippen LogP contribution in [0.3, 0.4) is 0 Å². The third-order valence-corrected chi connectivity index (χ3v) is 5.24. The number of halogens is 1. The topological polar surface area (TPSA) is 29.9 Å². The molecule has 1 aliphatic rings. The first-order valence-electron chi connectivity index (χ1n) is 7.70. The van der Waals surface area contributed by atoms with Crippen LogP contribution in [0.2, 0.25) is 0 Å². The number of anilines is 1. The Morgan fingerprint density at radius 3 is 2.47 bits per heavy atom. The van der Waals surface area contributed by atoms with E-state index in [1.54, 1.807) is 0 Å². The van der Waals surface area contributed by atoms with E-state index in [2.05, 4.69) is 53.6 Å². The number of rotatable bonds is 5. The molecule has 3 nitrogen and oxygen atoms in total. The van der Waals surface area contributed by atoms with E-state index in [-0.39, 0.29) is 0 Å². The van der Waals surface area contributed by atoms with Gasteiger partial charge in [-0.15, -0.1) is 0 Å². The zero-order valence-electron chi connectivity index (χ0n) is 12.5. The van der Waals surface area contributed by atoms with Gasteiger partial charge >= 0.3 is 0 Å². The van der Waals surface area contributed by atoms with Crippen molar-refractivity contribution in [3.63, 3.8) is 0 Å². The summed E-state index contributed by atoms with van der Waals surface area (Å²) in [5.74, 6) is 1.76. The summed E-state index contributed by atoms with van der Waals surface area (Å²) in [4.78, 5) is 0. The summed E-state index contributed by atoms with van der Waals surface area (Å²) < 4.78 is 3.42. The highest BCUT2D eigenvalue weighted by Crippen LogP contribution is 2.40. The maximum atomic E-state index is 4.92. The van der Waals surface area contributed by atoms with Gasteiger partial charge in [-0.2, -0.15) is 5.10 Å². The first kappa shape index (κ1) is 14.9. The van der Waals surface area contributed by atoms with Crippen molar-refractivity contribution < 1.29 is 0 Å². The van der Waals surface area contributed by atoms with Gasteiger partial charge in [0.05, 0.1) is 16.2 Å². The van der Waals surface area contributed by atoms with Crippen LogP contribution in [0.25, 0.3) is 0 Å². The van der Waals surface area contributed by atoms with Crippen LogP contribution in [0.15, 0.2) is 4.47 Å². The van der Waals surface area contributed by atoms with Crippen LogP contribution in [-0.4, -0.2) is 15.8 Å². The lowest BCUT2D eigenvalue weighted by molar-refractivity contribution is 0.359. The SMILES string of the molecule is CCC1CC(CC)n2nc(C(CC)CC)c(Br)c2N1. The maximum Gasteiger partial charge on any atom is 0.139 e. The molecule has 2 atom stereocenters. The Morgan fingerprint density at radius 2 is 1.95 bits per heavy atom. The molecule has 0 saturated carbocycles. The standard InChI is InChI=1S/C15H26BrN3/c1-5-10(6-2)14-13(16)15-17-11(7-3)9-12(8-4)19(15)18-14/h10-12,17H,5-9H2,1-4H3. The van der Waals surface area contributed by atoms with Crippen LogP contribution in [0.5, 0.6) is 0 Å². The molecule has 108 valence electrons. The summed E-state index contributed by atoms with van der Waals surface area (Å²) in [5.41, 5.74) is 1.24. The fourth-order valence-corrected chi connectivity index (χ4v) is 3.75. The molecule has 0 saturated heterocycles. The molecule has 1 N–H and O–H groups in total. The first-order chi connectivity index (χ1) is 9.15. The number of fused-ring (bicyclic) bond motifs is 1. The van der Waals surface area contributed by atoms with Gasteiger partial charge in [0.25, 0.3) is 0 Å². The quantitative estimate of drug-likeness (QED) is 0.815.